The van der Waals surface area contributed by atoms with Gasteiger partial charge in [-0.3, -0.25) is 18.6 Å². The molecule has 2 atom stereocenters. The topological polar surface area (TPSA) is 131 Å². The first kappa shape index (κ1) is 56.0. The van der Waals surface area contributed by atoms with Gasteiger partial charge in [0.1, 0.15) is 12.7 Å². The van der Waals surface area contributed by atoms with Crippen LogP contribution >= 0.6 is 7.82 Å². The average molecular weight is 838 g/mol. The van der Waals surface area contributed by atoms with Crippen molar-refractivity contribution in [3.05, 3.63) is 48.6 Å². The maximum Gasteiger partial charge on any atom is 0.472 e. The largest absolute Gasteiger partial charge is 0.472 e. The molecule has 0 aromatic heterocycles. The van der Waals surface area contributed by atoms with E-state index in [4.69, 9.17) is 13.8 Å². The minimum Gasteiger partial charge on any atom is -0.463 e. The lowest BCUT2D eigenvalue weighted by atomic mass is 10.0. The fourth-order valence-corrected chi connectivity index (χ4v) is 7.18. The number of hydrogen-bond acceptors (Lipinski definition) is 7. The molecule has 338 valence electrons. The first-order valence-corrected chi connectivity index (χ1v) is 25.1. The van der Waals surface area contributed by atoms with E-state index in [9.17, 15) is 24.2 Å². The van der Waals surface area contributed by atoms with E-state index in [1.165, 1.54) is 122 Å². The zero-order chi connectivity index (χ0) is 42.5. The van der Waals surface area contributed by atoms with Crippen molar-refractivity contribution >= 4 is 19.7 Å². The molecule has 0 aliphatic carbocycles. The molecule has 0 aromatic rings. The van der Waals surface area contributed by atoms with E-state index in [2.05, 4.69) is 67.8 Å². The number of aliphatic hydroxyl groups is 1. The van der Waals surface area contributed by atoms with Crippen molar-refractivity contribution in [1.29, 1.82) is 0 Å². The maximum atomic E-state index is 12.1. The zero-order valence-corrected chi connectivity index (χ0v) is 38.1. The Bertz CT molecular complexity index is 1090. The van der Waals surface area contributed by atoms with Crippen molar-refractivity contribution in [2.45, 2.75) is 219 Å². The number of phosphoric acid groups is 1. The molecule has 0 bridgehead atoms. The highest BCUT2D eigenvalue weighted by molar-refractivity contribution is 7.47. The third-order valence-electron chi connectivity index (χ3n) is 10.0. The molecular formula is C48H88NO8P. The minimum atomic E-state index is -4.43. The summed E-state index contributed by atoms with van der Waals surface area (Å²) in [5, 5.41) is 12.7. The second kappa shape index (κ2) is 44.5. The molecule has 58 heavy (non-hydrogen) atoms. The predicted octanol–water partition coefficient (Wildman–Crippen LogP) is 13.5. The van der Waals surface area contributed by atoms with Gasteiger partial charge >= 0.3 is 13.8 Å². The molecule has 0 aliphatic rings. The number of amides is 1. The number of esters is 1. The van der Waals surface area contributed by atoms with E-state index >= 15 is 0 Å². The molecule has 2 unspecified atom stereocenters. The summed E-state index contributed by atoms with van der Waals surface area (Å²) < 4.78 is 26.9. The second-order valence-corrected chi connectivity index (χ2v) is 17.2. The summed E-state index contributed by atoms with van der Waals surface area (Å²) in [6.45, 7) is 3.51. The van der Waals surface area contributed by atoms with E-state index in [-0.39, 0.29) is 32.1 Å². The molecule has 10 heteroatoms. The van der Waals surface area contributed by atoms with Gasteiger partial charge in [-0.1, -0.05) is 191 Å². The molecule has 0 spiro atoms. The number of allylic oxidation sites excluding steroid dienone is 8. The van der Waals surface area contributed by atoms with Crippen LogP contribution in [0, 0.1) is 0 Å². The van der Waals surface area contributed by atoms with Crippen molar-refractivity contribution in [1.82, 2.24) is 5.32 Å². The number of carbonyl (C=O) groups excluding carboxylic acids is 2. The molecule has 0 fully saturated rings. The van der Waals surface area contributed by atoms with Crippen LogP contribution in [-0.4, -0.2) is 54.3 Å². The Hall–Kier alpha value is -2.03. The van der Waals surface area contributed by atoms with Crippen molar-refractivity contribution in [2.75, 3.05) is 26.4 Å². The summed E-state index contributed by atoms with van der Waals surface area (Å²) in [7, 11) is -4.43. The molecule has 9 nitrogen and oxygen atoms in total. The van der Waals surface area contributed by atoms with Crippen molar-refractivity contribution in [3.63, 3.8) is 0 Å². The predicted molar refractivity (Wildman–Crippen MR) is 243 cm³/mol. The van der Waals surface area contributed by atoms with Crippen LogP contribution in [0.5, 0.6) is 0 Å². The van der Waals surface area contributed by atoms with Crippen molar-refractivity contribution < 1.29 is 37.9 Å². The quantitative estimate of drug-likeness (QED) is 0.0239. The lowest BCUT2D eigenvalue weighted by molar-refractivity contribution is -0.147. The Labute approximate surface area is 355 Å². The van der Waals surface area contributed by atoms with Gasteiger partial charge < -0.3 is 20.1 Å². The smallest absolute Gasteiger partial charge is 0.463 e. The summed E-state index contributed by atoms with van der Waals surface area (Å²) in [5.74, 6) is -0.543. The summed E-state index contributed by atoms with van der Waals surface area (Å²) in [4.78, 5) is 34.0. The molecular weight excluding hydrogens is 750 g/mol. The van der Waals surface area contributed by atoms with Crippen molar-refractivity contribution in [2.24, 2.45) is 0 Å². The van der Waals surface area contributed by atoms with E-state index in [1.807, 2.05) is 0 Å². The number of aliphatic hydroxyl groups excluding tert-OH is 1. The Kier molecular flexibility index (Phi) is 43.0. The SMILES string of the molecule is CCCCC/C=C\C/C=C\C/C=C\C/C=C\CCCCCC(=O)NCCOP(=O)(O)OCC(O)COC(=O)CCCCCCCCCCCCCCCCCCCC. The fourth-order valence-electron chi connectivity index (χ4n) is 6.42. The standard InChI is InChI=1S/C48H88NO8P/c1-3-5-7-9-11-13-15-17-19-21-23-24-26-28-30-32-34-36-38-40-47(51)49-42-43-56-58(53,54)57-45-46(50)44-55-48(52)41-39-37-35-33-31-29-27-25-22-20-18-16-14-12-10-8-6-4-2/h11,13,17,19,23-24,28,30,46,50H,3-10,12,14-16,18,20-22,25-27,29,31-45H2,1-2H3,(H,49,51)(H,53,54)/b13-11-,19-17-,24-23-,30-28-. The molecule has 3 N–H and O–H groups in total. The normalized spacial score (nSPS) is 13.7. The van der Waals surface area contributed by atoms with Gasteiger partial charge in [0.2, 0.25) is 5.91 Å². The van der Waals surface area contributed by atoms with Crippen LogP contribution in [0.1, 0.15) is 213 Å². The Morgan fingerprint density at radius 3 is 1.43 bits per heavy atom. The fraction of sp³-hybridized carbons (Fsp3) is 0.792. The zero-order valence-electron chi connectivity index (χ0n) is 37.2. The number of unbranched alkanes of at least 4 members (excludes halogenated alkanes) is 23. The highest BCUT2D eigenvalue weighted by atomic mass is 31.2. The van der Waals surface area contributed by atoms with Gasteiger partial charge in [0.25, 0.3) is 0 Å². The number of carbonyl (C=O) groups is 2. The molecule has 0 rings (SSSR count). The lowest BCUT2D eigenvalue weighted by Gasteiger charge is -2.15. The second-order valence-electron chi connectivity index (χ2n) is 15.7. The summed E-state index contributed by atoms with van der Waals surface area (Å²) in [6.07, 6.45) is 51.8. The van der Waals surface area contributed by atoms with Crippen LogP contribution in [0.25, 0.3) is 0 Å². The van der Waals surface area contributed by atoms with Crippen molar-refractivity contribution in [3.8, 4) is 0 Å². The van der Waals surface area contributed by atoms with Crippen LogP contribution in [-0.2, 0) is 27.9 Å². The third kappa shape index (κ3) is 45.1. The summed E-state index contributed by atoms with van der Waals surface area (Å²) >= 11 is 0. The minimum absolute atomic E-state index is 0.0641. The number of nitrogens with one attached hydrogen (secondary N) is 1. The summed E-state index contributed by atoms with van der Waals surface area (Å²) in [5.41, 5.74) is 0. The Morgan fingerprint density at radius 1 is 0.534 bits per heavy atom. The van der Waals surface area contributed by atoms with Gasteiger partial charge in [0.15, 0.2) is 0 Å². The third-order valence-corrected chi connectivity index (χ3v) is 11.0. The van der Waals surface area contributed by atoms with Crippen LogP contribution in [0.2, 0.25) is 0 Å². The van der Waals surface area contributed by atoms with Gasteiger partial charge in [-0.05, 0) is 57.8 Å². The van der Waals surface area contributed by atoms with Crippen LogP contribution < -0.4 is 5.32 Å². The van der Waals surface area contributed by atoms with Crippen LogP contribution in [0.15, 0.2) is 48.6 Å². The number of hydrogen-bond donors (Lipinski definition) is 3. The number of ether oxygens (including phenoxy) is 1. The van der Waals surface area contributed by atoms with Crippen LogP contribution in [0.4, 0.5) is 0 Å². The van der Waals surface area contributed by atoms with Gasteiger partial charge in [-0.15, -0.1) is 0 Å². The highest BCUT2D eigenvalue weighted by Gasteiger charge is 2.23. The first-order valence-electron chi connectivity index (χ1n) is 23.6. The first-order chi connectivity index (χ1) is 28.3. The van der Waals surface area contributed by atoms with E-state index in [1.54, 1.807) is 0 Å². The average Bonchev–Trinajstić information content (AvgIpc) is 3.21. The maximum absolute atomic E-state index is 12.1. The summed E-state index contributed by atoms with van der Waals surface area (Å²) in [6, 6.07) is 0. The van der Waals surface area contributed by atoms with Gasteiger partial charge in [-0.25, -0.2) is 4.57 Å². The molecule has 0 heterocycles. The molecule has 1 amide bonds. The van der Waals surface area contributed by atoms with E-state index < -0.39 is 26.5 Å². The Morgan fingerprint density at radius 2 is 0.931 bits per heavy atom. The molecule has 0 saturated carbocycles. The van der Waals surface area contributed by atoms with E-state index in [0.29, 0.717) is 6.42 Å². The van der Waals surface area contributed by atoms with Gasteiger partial charge in [0, 0.05) is 19.4 Å². The number of rotatable bonds is 44. The molecule has 0 radical (unpaired) electrons. The Balaban J connectivity index is 3.62. The monoisotopic (exact) mass is 838 g/mol. The molecule has 0 saturated heterocycles. The van der Waals surface area contributed by atoms with Gasteiger partial charge in [-0.2, -0.15) is 0 Å². The lowest BCUT2D eigenvalue weighted by Crippen LogP contribution is -2.27. The molecule has 0 aromatic carbocycles. The highest BCUT2D eigenvalue weighted by Crippen LogP contribution is 2.42. The molecule has 0 aliphatic heterocycles. The number of phosphoric ester groups is 1. The van der Waals surface area contributed by atoms with Gasteiger partial charge in [0.05, 0.1) is 13.2 Å². The van der Waals surface area contributed by atoms with Crippen LogP contribution in [0.3, 0.4) is 0 Å². The van der Waals surface area contributed by atoms with E-state index in [0.717, 1.165) is 64.2 Å².